The lowest BCUT2D eigenvalue weighted by Gasteiger charge is -2.18. The third-order valence-corrected chi connectivity index (χ3v) is 3.11. The number of carbonyl (C=O) groups is 1. The summed E-state index contributed by atoms with van der Waals surface area (Å²) < 4.78 is 0. The number of hydrogen-bond donors (Lipinski definition) is 0. The smallest absolute Gasteiger partial charge is 0.254 e. The summed E-state index contributed by atoms with van der Waals surface area (Å²) in [5, 5.41) is 3.91. The molecule has 0 fully saturated rings. The molecule has 0 aliphatic heterocycles. The molecule has 1 rings (SSSR count). The van der Waals surface area contributed by atoms with Gasteiger partial charge in [-0.2, -0.15) is 11.3 Å². The quantitative estimate of drug-likeness (QED) is 0.777. The van der Waals surface area contributed by atoms with E-state index in [1.165, 1.54) is 0 Å². The Labute approximate surface area is 97.1 Å². The van der Waals surface area contributed by atoms with Crippen LogP contribution in [0.1, 0.15) is 22.8 Å². The van der Waals surface area contributed by atoms with Crippen molar-refractivity contribution in [1.82, 2.24) is 4.90 Å². The summed E-state index contributed by atoms with van der Waals surface area (Å²) in [6.45, 7) is 4.73. The molecular formula is C10H14BrNOS. The molecule has 4 heteroatoms. The van der Waals surface area contributed by atoms with Crippen molar-refractivity contribution in [2.45, 2.75) is 18.7 Å². The number of carbonyl (C=O) groups excluding carboxylic acids is 1. The Balaban J connectivity index is 2.71. The van der Waals surface area contributed by atoms with Gasteiger partial charge in [0.25, 0.3) is 5.91 Å². The Morgan fingerprint density at radius 3 is 2.71 bits per heavy atom. The van der Waals surface area contributed by atoms with E-state index in [2.05, 4.69) is 15.9 Å². The molecule has 0 N–H and O–H groups in total. The van der Waals surface area contributed by atoms with Crippen molar-refractivity contribution in [2.75, 3.05) is 13.6 Å². The molecule has 14 heavy (non-hydrogen) atoms. The highest BCUT2D eigenvalue weighted by atomic mass is 79.9. The van der Waals surface area contributed by atoms with Crippen LogP contribution in [0.3, 0.4) is 0 Å². The molecule has 0 aliphatic carbocycles. The van der Waals surface area contributed by atoms with Gasteiger partial charge in [0.2, 0.25) is 0 Å². The monoisotopic (exact) mass is 275 g/mol. The highest BCUT2D eigenvalue weighted by molar-refractivity contribution is 9.09. The van der Waals surface area contributed by atoms with Crippen LogP contribution in [0, 0.1) is 6.92 Å². The van der Waals surface area contributed by atoms with Crippen LogP contribution in [0.2, 0.25) is 0 Å². The number of rotatable bonds is 3. The highest BCUT2D eigenvalue weighted by Gasteiger charge is 2.15. The van der Waals surface area contributed by atoms with Crippen LogP contribution < -0.4 is 0 Å². The molecule has 78 valence electrons. The van der Waals surface area contributed by atoms with E-state index in [-0.39, 0.29) is 5.91 Å². The number of amides is 1. The molecule has 1 heterocycles. The molecule has 0 saturated carbocycles. The number of nitrogens with zero attached hydrogens (tertiary/aromatic N) is 1. The summed E-state index contributed by atoms with van der Waals surface area (Å²) in [6.07, 6.45) is 0. The fourth-order valence-corrected chi connectivity index (χ4v) is 2.50. The lowest BCUT2D eigenvalue weighted by molar-refractivity contribution is 0.0797. The maximum atomic E-state index is 11.9. The van der Waals surface area contributed by atoms with Gasteiger partial charge in [-0.25, -0.2) is 0 Å². The minimum atomic E-state index is 0.107. The van der Waals surface area contributed by atoms with Gasteiger partial charge in [0.15, 0.2) is 0 Å². The van der Waals surface area contributed by atoms with Crippen molar-refractivity contribution >= 4 is 33.2 Å². The predicted molar refractivity (Wildman–Crippen MR) is 64.4 cm³/mol. The zero-order valence-electron chi connectivity index (χ0n) is 8.58. The molecule has 1 unspecified atom stereocenters. The molecule has 2 nitrogen and oxygen atoms in total. The summed E-state index contributed by atoms with van der Waals surface area (Å²) in [5.74, 6) is 0.107. The summed E-state index contributed by atoms with van der Waals surface area (Å²) in [7, 11) is 1.83. The van der Waals surface area contributed by atoms with E-state index in [1.807, 2.05) is 31.7 Å². The molecule has 0 saturated heterocycles. The van der Waals surface area contributed by atoms with Crippen LogP contribution in [0.15, 0.2) is 10.8 Å². The van der Waals surface area contributed by atoms with E-state index in [4.69, 9.17) is 0 Å². The summed E-state index contributed by atoms with van der Waals surface area (Å²) in [6, 6.07) is 0. The molecule has 1 atom stereocenters. The summed E-state index contributed by atoms with van der Waals surface area (Å²) in [4.78, 5) is 13.9. The molecule has 1 aromatic heterocycles. The van der Waals surface area contributed by atoms with Gasteiger partial charge >= 0.3 is 0 Å². The first-order chi connectivity index (χ1) is 6.52. The third kappa shape index (κ3) is 2.82. The SMILES string of the molecule is Cc1cscc1C(=O)N(C)CC(C)Br. The molecule has 0 radical (unpaired) electrons. The first kappa shape index (κ1) is 11.7. The molecule has 1 amide bonds. The van der Waals surface area contributed by atoms with Gasteiger partial charge in [0.05, 0.1) is 5.56 Å². The zero-order valence-corrected chi connectivity index (χ0v) is 11.0. The van der Waals surface area contributed by atoms with Crippen molar-refractivity contribution in [3.8, 4) is 0 Å². The topological polar surface area (TPSA) is 20.3 Å². The first-order valence-corrected chi connectivity index (χ1v) is 6.30. The van der Waals surface area contributed by atoms with E-state index >= 15 is 0 Å². The lowest BCUT2D eigenvalue weighted by Crippen LogP contribution is -2.31. The van der Waals surface area contributed by atoms with E-state index in [0.29, 0.717) is 4.83 Å². The molecule has 0 bridgehead atoms. The fraction of sp³-hybridized carbons (Fsp3) is 0.500. The highest BCUT2D eigenvalue weighted by Crippen LogP contribution is 2.16. The van der Waals surface area contributed by atoms with Crippen LogP contribution in [-0.2, 0) is 0 Å². The molecule has 0 aromatic carbocycles. The Hall–Kier alpha value is -0.350. The van der Waals surface area contributed by atoms with Crippen molar-refractivity contribution in [3.05, 3.63) is 21.9 Å². The van der Waals surface area contributed by atoms with Gasteiger partial charge in [-0.3, -0.25) is 4.79 Å². The Bertz CT molecular complexity index is 322. The Morgan fingerprint density at radius 2 is 2.29 bits per heavy atom. The van der Waals surface area contributed by atoms with Crippen molar-refractivity contribution in [3.63, 3.8) is 0 Å². The van der Waals surface area contributed by atoms with Gasteiger partial charge in [0, 0.05) is 23.8 Å². The van der Waals surface area contributed by atoms with Gasteiger partial charge in [-0.05, 0) is 17.9 Å². The molecule has 1 aromatic rings. The van der Waals surface area contributed by atoms with Crippen LogP contribution >= 0.6 is 27.3 Å². The van der Waals surface area contributed by atoms with Crippen molar-refractivity contribution in [1.29, 1.82) is 0 Å². The van der Waals surface area contributed by atoms with Crippen LogP contribution in [0.25, 0.3) is 0 Å². The van der Waals surface area contributed by atoms with Gasteiger partial charge in [0.1, 0.15) is 0 Å². The van der Waals surface area contributed by atoms with E-state index < -0.39 is 0 Å². The maximum Gasteiger partial charge on any atom is 0.254 e. The Morgan fingerprint density at radius 1 is 1.64 bits per heavy atom. The van der Waals surface area contributed by atoms with Crippen molar-refractivity contribution in [2.24, 2.45) is 0 Å². The number of hydrogen-bond acceptors (Lipinski definition) is 2. The fourth-order valence-electron chi connectivity index (χ4n) is 1.25. The molecule has 0 aliphatic rings. The minimum Gasteiger partial charge on any atom is -0.341 e. The van der Waals surface area contributed by atoms with Gasteiger partial charge in [-0.1, -0.05) is 22.9 Å². The predicted octanol–water partition coefficient (Wildman–Crippen LogP) is 2.91. The van der Waals surface area contributed by atoms with E-state index in [1.54, 1.807) is 16.2 Å². The lowest BCUT2D eigenvalue weighted by atomic mass is 10.2. The van der Waals surface area contributed by atoms with Crippen LogP contribution in [0.4, 0.5) is 0 Å². The standard InChI is InChI=1S/C10H14BrNOS/c1-7-5-14-6-9(7)10(13)12(3)4-8(2)11/h5-6,8H,4H2,1-3H3. The maximum absolute atomic E-state index is 11.9. The van der Waals surface area contributed by atoms with Crippen molar-refractivity contribution < 1.29 is 4.79 Å². The van der Waals surface area contributed by atoms with Crippen LogP contribution in [-0.4, -0.2) is 29.2 Å². The van der Waals surface area contributed by atoms with E-state index in [9.17, 15) is 4.79 Å². The third-order valence-electron chi connectivity index (χ3n) is 1.96. The molecular weight excluding hydrogens is 262 g/mol. The zero-order chi connectivity index (χ0) is 10.7. The van der Waals surface area contributed by atoms with E-state index in [0.717, 1.165) is 17.7 Å². The normalized spacial score (nSPS) is 12.6. The minimum absolute atomic E-state index is 0.107. The average Bonchev–Trinajstić information content (AvgIpc) is 2.48. The van der Waals surface area contributed by atoms with Gasteiger partial charge in [-0.15, -0.1) is 0 Å². The summed E-state index contributed by atoms with van der Waals surface area (Å²) in [5.41, 5.74) is 1.89. The first-order valence-electron chi connectivity index (χ1n) is 4.44. The number of halogens is 1. The summed E-state index contributed by atoms with van der Waals surface area (Å²) >= 11 is 5.01. The second-order valence-electron chi connectivity index (χ2n) is 3.43. The number of thiophene rings is 1. The number of aryl methyl sites for hydroxylation is 1. The second kappa shape index (κ2) is 4.94. The van der Waals surface area contributed by atoms with Gasteiger partial charge < -0.3 is 4.90 Å². The van der Waals surface area contributed by atoms with Crippen LogP contribution in [0.5, 0.6) is 0 Å². The Kier molecular flexibility index (Phi) is 4.13. The second-order valence-corrected chi connectivity index (χ2v) is 5.74. The number of alkyl halides is 1. The average molecular weight is 276 g/mol. The largest absolute Gasteiger partial charge is 0.341 e. The molecule has 0 spiro atoms.